The molecule has 2 aliphatic rings. The first-order chi connectivity index (χ1) is 22.7. The summed E-state index contributed by atoms with van der Waals surface area (Å²) in [7, 11) is 1.15. The van der Waals surface area contributed by atoms with Crippen LogP contribution < -0.4 is 10.6 Å². The van der Waals surface area contributed by atoms with E-state index in [1.165, 1.54) is 0 Å². The van der Waals surface area contributed by atoms with E-state index in [0.717, 1.165) is 18.2 Å². The van der Waals surface area contributed by atoms with Gasteiger partial charge in [0.2, 0.25) is 0 Å². The van der Waals surface area contributed by atoms with E-state index in [1.807, 2.05) is 60.7 Å². The predicted molar refractivity (Wildman–Crippen MR) is 168 cm³/mol. The number of ether oxygens (including phenoxy) is 2. The summed E-state index contributed by atoms with van der Waals surface area (Å²) in [5.74, 6) is -2.25. The van der Waals surface area contributed by atoms with E-state index in [4.69, 9.17) is 14.6 Å². The molecule has 2 aromatic rings. The maximum Gasteiger partial charge on any atom is 0.407 e. The zero-order valence-corrected chi connectivity index (χ0v) is 27.9. The Morgan fingerprint density at radius 1 is 0.796 bits per heavy atom. The van der Waals surface area contributed by atoms with Crippen molar-refractivity contribution in [2.24, 2.45) is 10.8 Å². The number of rotatable bonds is 9. The second kappa shape index (κ2) is 15.8. The average Bonchev–Trinajstić information content (AvgIpc) is 3.58. The highest BCUT2D eigenvalue weighted by atomic mass is 19.4. The maximum atomic E-state index is 13.1. The Bertz CT molecular complexity index is 1360. The van der Waals surface area contributed by atoms with Gasteiger partial charge in [-0.15, -0.1) is 0 Å². The fourth-order valence-electron chi connectivity index (χ4n) is 6.74. The molecule has 2 fully saturated rings. The highest BCUT2D eigenvalue weighted by Gasteiger charge is 2.54. The number of hydrogen-bond acceptors (Lipinski definition) is 6. The van der Waals surface area contributed by atoms with E-state index in [-0.39, 0.29) is 44.2 Å². The van der Waals surface area contributed by atoms with Crippen molar-refractivity contribution in [3.05, 3.63) is 71.8 Å². The van der Waals surface area contributed by atoms with Crippen molar-refractivity contribution in [2.75, 3.05) is 7.11 Å². The van der Waals surface area contributed by atoms with Crippen LogP contribution >= 0.6 is 0 Å². The number of benzene rings is 2. The van der Waals surface area contributed by atoms with Crippen LogP contribution in [0.5, 0.6) is 0 Å². The number of carbonyl (C=O) groups excluding carboxylic acids is 2. The molecule has 1 amide bonds. The fourth-order valence-corrected chi connectivity index (χ4v) is 6.74. The Hall–Kier alpha value is -3.81. The third kappa shape index (κ3) is 11.9. The van der Waals surface area contributed by atoms with Gasteiger partial charge in [-0.1, -0.05) is 60.7 Å². The van der Waals surface area contributed by atoms with E-state index in [2.05, 4.69) is 10.6 Å². The van der Waals surface area contributed by atoms with Gasteiger partial charge in [-0.05, 0) is 70.4 Å². The van der Waals surface area contributed by atoms with Crippen LogP contribution in [0.4, 0.5) is 31.1 Å². The second-order valence-corrected chi connectivity index (χ2v) is 13.9. The van der Waals surface area contributed by atoms with Crippen LogP contribution in [0.25, 0.3) is 0 Å². The molecule has 4 atom stereocenters. The van der Waals surface area contributed by atoms with Crippen molar-refractivity contribution in [1.29, 1.82) is 0 Å². The van der Waals surface area contributed by atoms with Crippen LogP contribution in [-0.4, -0.2) is 60.3 Å². The topological polar surface area (TPSA) is 114 Å². The van der Waals surface area contributed by atoms with Crippen LogP contribution in [0, 0.1) is 10.8 Å². The molecule has 2 saturated carbocycles. The Kier molecular flexibility index (Phi) is 12.8. The Morgan fingerprint density at radius 3 is 1.69 bits per heavy atom. The monoisotopic (exact) mass is 702 g/mol. The number of methoxy groups -OCH3 is 1. The third-order valence-electron chi connectivity index (χ3n) is 8.76. The first-order valence-corrected chi connectivity index (χ1v) is 16.0. The van der Waals surface area contributed by atoms with Crippen LogP contribution in [0.2, 0.25) is 0 Å². The molecule has 0 saturated heterocycles. The molecule has 0 radical (unpaired) electrons. The lowest BCUT2D eigenvalue weighted by Crippen LogP contribution is -2.40. The molecule has 2 unspecified atom stereocenters. The molecule has 4 rings (SSSR count). The first kappa shape index (κ1) is 39.6. The molecule has 2 aromatic carbocycles. The molecule has 49 heavy (non-hydrogen) atoms. The molecular weight excluding hydrogens is 658 g/mol. The number of nitrogens with one attached hydrogen (secondary N) is 2. The van der Waals surface area contributed by atoms with Crippen molar-refractivity contribution < 1.29 is 55.3 Å². The molecule has 272 valence electrons. The summed E-state index contributed by atoms with van der Waals surface area (Å²) in [5, 5.41) is 15.1. The third-order valence-corrected chi connectivity index (χ3v) is 8.76. The Balaban J connectivity index is 0.000000278. The molecule has 3 N–H and O–H groups in total. The number of hydrogen-bond donors (Lipinski definition) is 3. The zero-order valence-electron chi connectivity index (χ0n) is 27.9. The standard InChI is InChI=1S/C22H24F3NO2.C13H20F3NO4/c1-28-20(27)21(15-22(23,24)25)13-12-18(14-21)26-19(16-8-4-2-5-9-16)17-10-6-3-7-11-17;1-11(2,3)21-10(20)17-8-4-5-12(6-8,9(18)19)7-13(14,15)16/h2-11,18-19,26H,12-15H2,1H3;8H,4-7H2,1-3H3,(H,17,20)(H,18,19)/t;8-,12+/m.1/s1. The molecule has 0 heterocycles. The minimum absolute atomic E-state index is 0.106. The van der Waals surface area contributed by atoms with E-state index >= 15 is 0 Å². The smallest absolute Gasteiger partial charge is 0.407 e. The largest absolute Gasteiger partial charge is 0.481 e. The number of aliphatic carboxylic acids is 1. The summed E-state index contributed by atoms with van der Waals surface area (Å²) < 4.78 is 86.8. The number of carbonyl (C=O) groups is 3. The van der Waals surface area contributed by atoms with E-state index in [1.54, 1.807) is 20.8 Å². The number of halogens is 6. The van der Waals surface area contributed by atoms with Gasteiger partial charge in [-0.3, -0.25) is 9.59 Å². The van der Waals surface area contributed by atoms with Gasteiger partial charge < -0.3 is 25.2 Å². The normalized spacial score (nSPS) is 24.1. The van der Waals surface area contributed by atoms with Gasteiger partial charge in [0, 0.05) is 12.1 Å². The fraction of sp³-hybridized carbons (Fsp3) is 0.571. The summed E-state index contributed by atoms with van der Waals surface area (Å²) in [6.45, 7) is 4.98. The molecule has 0 aromatic heterocycles. The number of carboxylic acid groups (broad SMARTS) is 1. The van der Waals surface area contributed by atoms with E-state index in [9.17, 15) is 40.7 Å². The van der Waals surface area contributed by atoms with Crippen LogP contribution in [0.15, 0.2) is 60.7 Å². The Labute approximate surface area is 281 Å². The van der Waals surface area contributed by atoms with E-state index < -0.39 is 65.7 Å². The lowest BCUT2D eigenvalue weighted by Gasteiger charge is -2.29. The van der Waals surface area contributed by atoms with Crippen molar-refractivity contribution in [2.45, 2.75) is 108 Å². The number of alkyl halides is 6. The minimum atomic E-state index is -4.56. The predicted octanol–water partition coefficient (Wildman–Crippen LogP) is 8.12. The Morgan fingerprint density at radius 2 is 1.24 bits per heavy atom. The second-order valence-electron chi connectivity index (χ2n) is 13.9. The molecule has 0 bridgehead atoms. The highest BCUT2D eigenvalue weighted by molar-refractivity contribution is 5.77. The summed E-state index contributed by atoms with van der Waals surface area (Å²) in [6, 6.07) is 18.5. The SMILES string of the molecule is CC(C)(C)OC(=O)N[C@@H]1CC[C@](CC(F)(F)F)(C(=O)O)C1.COC(=O)C1(CC(F)(F)F)CCC(NC(c2ccccc2)c2ccccc2)C1. The zero-order chi connectivity index (χ0) is 36.7. The molecule has 8 nitrogen and oxygen atoms in total. The number of esters is 1. The highest BCUT2D eigenvalue weighted by Crippen LogP contribution is 2.48. The van der Waals surface area contributed by atoms with Crippen LogP contribution in [-0.2, 0) is 19.1 Å². The van der Waals surface area contributed by atoms with Gasteiger partial charge in [0.25, 0.3) is 0 Å². The molecule has 2 aliphatic carbocycles. The number of carboxylic acids is 1. The van der Waals surface area contributed by atoms with Crippen LogP contribution in [0.1, 0.15) is 89.3 Å². The van der Waals surface area contributed by atoms with Gasteiger partial charge in [0.05, 0.1) is 36.8 Å². The molecule has 0 spiro atoms. The van der Waals surface area contributed by atoms with Crippen molar-refractivity contribution >= 4 is 18.0 Å². The molecule has 0 aliphatic heterocycles. The lowest BCUT2D eigenvalue weighted by molar-refractivity contribution is -0.180. The summed E-state index contributed by atoms with van der Waals surface area (Å²) in [6.07, 6.45) is -11.7. The van der Waals surface area contributed by atoms with E-state index in [0.29, 0.717) is 6.42 Å². The van der Waals surface area contributed by atoms with Crippen molar-refractivity contribution in [3.63, 3.8) is 0 Å². The lowest BCUT2D eigenvalue weighted by atomic mass is 9.82. The van der Waals surface area contributed by atoms with Gasteiger partial charge in [0.15, 0.2) is 0 Å². The van der Waals surface area contributed by atoms with Crippen LogP contribution in [0.3, 0.4) is 0 Å². The van der Waals surface area contributed by atoms with Crippen molar-refractivity contribution in [1.82, 2.24) is 10.6 Å². The van der Waals surface area contributed by atoms with Gasteiger partial charge in [-0.25, -0.2) is 4.79 Å². The summed E-state index contributed by atoms with van der Waals surface area (Å²) in [5.41, 5.74) is -2.04. The first-order valence-electron chi connectivity index (χ1n) is 16.0. The molecule has 14 heteroatoms. The molecular formula is C35H44F6N2O6. The van der Waals surface area contributed by atoms with Gasteiger partial charge >= 0.3 is 30.4 Å². The van der Waals surface area contributed by atoms with Gasteiger partial charge in [-0.2, -0.15) is 26.3 Å². The summed E-state index contributed by atoms with van der Waals surface area (Å²) >= 11 is 0. The van der Waals surface area contributed by atoms with Gasteiger partial charge in [0.1, 0.15) is 5.60 Å². The number of amides is 1. The van der Waals surface area contributed by atoms with Crippen molar-refractivity contribution in [3.8, 4) is 0 Å². The average molecular weight is 703 g/mol. The quantitative estimate of drug-likeness (QED) is 0.179. The maximum absolute atomic E-state index is 13.1. The minimum Gasteiger partial charge on any atom is -0.481 e. The summed E-state index contributed by atoms with van der Waals surface area (Å²) in [4.78, 5) is 35.0. The number of alkyl carbamates (subject to hydrolysis) is 1.